The number of aromatic nitrogens is 1. The molecule has 1 saturated carbocycles. The van der Waals surface area contributed by atoms with E-state index in [-0.39, 0.29) is 46.8 Å². The molecular weight excluding hydrogens is 356 g/mol. The summed E-state index contributed by atoms with van der Waals surface area (Å²) in [4.78, 5) is 39.7. The van der Waals surface area contributed by atoms with Gasteiger partial charge in [-0.3, -0.25) is 14.4 Å². The van der Waals surface area contributed by atoms with Crippen molar-refractivity contribution >= 4 is 11.9 Å². The average molecular weight is 380 g/mol. The van der Waals surface area contributed by atoms with Gasteiger partial charge in [-0.15, -0.1) is 0 Å². The summed E-state index contributed by atoms with van der Waals surface area (Å²) in [7, 11) is 1.39. The molecule has 6 heteroatoms. The molecule has 146 valence electrons. The van der Waals surface area contributed by atoms with Gasteiger partial charge in [-0.25, -0.2) is 0 Å². The van der Waals surface area contributed by atoms with Crippen LogP contribution in [0.15, 0.2) is 47.4 Å². The number of hydrogen-bond donors (Lipinski definition) is 0. The maximum Gasteiger partial charge on any atom is 0.309 e. The Balaban J connectivity index is 1.58. The van der Waals surface area contributed by atoms with Gasteiger partial charge < -0.3 is 14.2 Å². The van der Waals surface area contributed by atoms with Gasteiger partial charge in [0, 0.05) is 19.3 Å². The van der Waals surface area contributed by atoms with Crippen molar-refractivity contribution in [1.29, 1.82) is 0 Å². The first-order chi connectivity index (χ1) is 13.4. The molecule has 1 aliphatic carbocycles. The highest BCUT2D eigenvalue weighted by Crippen LogP contribution is 2.52. The molecule has 28 heavy (non-hydrogen) atoms. The number of esters is 1. The number of piperidine rings is 1. The van der Waals surface area contributed by atoms with E-state index in [1.807, 2.05) is 43.3 Å². The van der Waals surface area contributed by atoms with Gasteiger partial charge in [0.1, 0.15) is 5.56 Å². The second kappa shape index (κ2) is 6.93. The van der Waals surface area contributed by atoms with Crippen LogP contribution < -0.4 is 5.56 Å². The minimum Gasteiger partial charge on any atom is -0.469 e. The normalized spacial score (nSPS) is 23.8. The zero-order valence-corrected chi connectivity index (χ0v) is 16.3. The lowest BCUT2D eigenvalue weighted by molar-refractivity contribution is -0.143. The minimum atomic E-state index is -0.272. The van der Waals surface area contributed by atoms with Gasteiger partial charge in [0.2, 0.25) is 0 Å². The second-order valence-electron chi connectivity index (χ2n) is 7.76. The SMILES string of the molecule is COC(=O)C1[C@H]2CN(C(=O)c3c(C)ccn(C(C)c4ccccc4)c3=O)C[C@@H]12. The number of benzene rings is 1. The van der Waals surface area contributed by atoms with Crippen LogP contribution in [0.25, 0.3) is 0 Å². The van der Waals surface area contributed by atoms with Crippen LogP contribution >= 0.6 is 0 Å². The monoisotopic (exact) mass is 380 g/mol. The van der Waals surface area contributed by atoms with Crippen molar-refractivity contribution in [2.24, 2.45) is 17.8 Å². The van der Waals surface area contributed by atoms with Gasteiger partial charge in [-0.2, -0.15) is 0 Å². The lowest BCUT2D eigenvalue weighted by Gasteiger charge is -2.22. The number of rotatable bonds is 4. The van der Waals surface area contributed by atoms with Crippen molar-refractivity contribution in [3.8, 4) is 0 Å². The number of pyridine rings is 1. The Morgan fingerprint density at radius 3 is 2.36 bits per heavy atom. The zero-order chi connectivity index (χ0) is 20.0. The quantitative estimate of drug-likeness (QED) is 0.763. The Morgan fingerprint density at radius 1 is 1.11 bits per heavy atom. The smallest absolute Gasteiger partial charge is 0.309 e. The molecule has 1 aliphatic heterocycles. The number of likely N-dealkylation sites (tertiary alicyclic amines) is 1. The molecule has 1 aromatic carbocycles. The summed E-state index contributed by atoms with van der Waals surface area (Å²) in [5, 5.41) is 0. The fourth-order valence-electron chi connectivity index (χ4n) is 4.43. The molecule has 2 unspecified atom stereocenters. The van der Waals surface area contributed by atoms with Crippen LogP contribution in [-0.4, -0.2) is 41.5 Å². The van der Waals surface area contributed by atoms with Gasteiger partial charge in [0.15, 0.2) is 0 Å². The van der Waals surface area contributed by atoms with Gasteiger partial charge in [0.25, 0.3) is 11.5 Å². The van der Waals surface area contributed by atoms with E-state index in [0.717, 1.165) is 5.56 Å². The van der Waals surface area contributed by atoms with Crippen LogP contribution in [0.5, 0.6) is 0 Å². The van der Waals surface area contributed by atoms with Gasteiger partial charge in [-0.1, -0.05) is 30.3 Å². The summed E-state index contributed by atoms with van der Waals surface area (Å²) in [6, 6.07) is 11.4. The fraction of sp³-hybridized carbons (Fsp3) is 0.409. The van der Waals surface area contributed by atoms with E-state index in [1.165, 1.54) is 7.11 Å². The molecule has 1 aromatic heterocycles. The first-order valence-electron chi connectivity index (χ1n) is 9.57. The van der Waals surface area contributed by atoms with Gasteiger partial charge in [0.05, 0.1) is 19.1 Å². The van der Waals surface area contributed by atoms with Crippen LogP contribution in [0.3, 0.4) is 0 Å². The summed E-state index contributed by atoms with van der Waals surface area (Å²) >= 11 is 0. The van der Waals surface area contributed by atoms with E-state index in [9.17, 15) is 14.4 Å². The summed E-state index contributed by atoms with van der Waals surface area (Å²) in [5.74, 6) is -0.220. The molecule has 0 bridgehead atoms. The van der Waals surface area contributed by atoms with Crippen molar-refractivity contribution in [2.45, 2.75) is 19.9 Å². The third-order valence-electron chi connectivity index (χ3n) is 6.20. The molecule has 2 aliphatic rings. The number of carbonyl (C=O) groups excluding carboxylic acids is 2. The molecule has 6 nitrogen and oxygen atoms in total. The van der Waals surface area contributed by atoms with E-state index in [0.29, 0.717) is 18.7 Å². The third kappa shape index (κ3) is 2.93. The van der Waals surface area contributed by atoms with E-state index in [1.54, 1.807) is 22.6 Å². The molecular formula is C22H24N2O4. The predicted octanol–water partition coefficient (Wildman–Crippen LogP) is 2.26. The van der Waals surface area contributed by atoms with Crippen molar-refractivity contribution in [2.75, 3.05) is 20.2 Å². The van der Waals surface area contributed by atoms with Crippen molar-refractivity contribution < 1.29 is 14.3 Å². The number of methoxy groups -OCH3 is 1. The van der Waals surface area contributed by atoms with Crippen molar-refractivity contribution in [3.63, 3.8) is 0 Å². The Kier molecular flexibility index (Phi) is 4.57. The van der Waals surface area contributed by atoms with Crippen LogP contribution in [0, 0.1) is 24.7 Å². The number of carbonyl (C=O) groups is 2. The maximum atomic E-state index is 13.2. The number of amides is 1. The van der Waals surface area contributed by atoms with Crippen molar-refractivity contribution in [1.82, 2.24) is 9.47 Å². The van der Waals surface area contributed by atoms with E-state index in [4.69, 9.17) is 4.74 Å². The summed E-state index contributed by atoms with van der Waals surface area (Å²) < 4.78 is 6.43. The molecule has 2 heterocycles. The number of aryl methyl sites for hydroxylation is 1. The highest BCUT2D eigenvalue weighted by atomic mass is 16.5. The van der Waals surface area contributed by atoms with E-state index < -0.39 is 0 Å². The van der Waals surface area contributed by atoms with E-state index in [2.05, 4.69) is 0 Å². The largest absolute Gasteiger partial charge is 0.469 e. The number of fused-ring (bicyclic) bond motifs is 1. The molecule has 2 aromatic rings. The molecule has 0 N–H and O–H groups in total. The standard InChI is InChI=1S/C22H24N2O4/c1-13-9-10-24(14(2)15-7-5-4-6-8-15)21(26)18(13)20(25)23-11-16-17(12-23)19(16)22(27)28-3/h4-10,14,16-17,19H,11-12H2,1-3H3/t14?,16-,17+,19?. The highest BCUT2D eigenvalue weighted by molar-refractivity contribution is 5.96. The maximum absolute atomic E-state index is 13.2. The molecule has 4 atom stereocenters. The Bertz CT molecular complexity index is 970. The lowest BCUT2D eigenvalue weighted by atomic mass is 10.1. The Morgan fingerprint density at radius 2 is 1.75 bits per heavy atom. The summed E-state index contributed by atoms with van der Waals surface area (Å²) in [6.45, 7) is 4.75. The molecule has 0 spiro atoms. The lowest BCUT2D eigenvalue weighted by Crippen LogP contribution is -2.38. The van der Waals surface area contributed by atoms with Crippen molar-refractivity contribution in [3.05, 3.63) is 69.6 Å². The van der Waals surface area contributed by atoms with Crippen LogP contribution in [-0.2, 0) is 9.53 Å². The highest BCUT2D eigenvalue weighted by Gasteiger charge is 2.61. The minimum absolute atomic E-state index is 0.0966. The number of nitrogens with zero attached hydrogens (tertiary/aromatic N) is 2. The van der Waals surface area contributed by atoms with Crippen LogP contribution in [0.2, 0.25) is 0 Å². The second-order valence-corrected chi connectivity index (χ2v) is 7.76. The molecule has 2 fully saturated rings. The fourth-order valence-corrected chi connectivity index (χ4v) is 4.43. The topological polar surface area (TPSA) is 68.6 Å². The average Bonchev–Trinajstić information content (AvgIpc) is 3.20. The van der Waals surface area contributed by atoms with Crippen LogP contribution in [0.1, 0.15) is 34.5 Å². The third-order valence-corrected chi connectivity index (χ3v) is 6.20. The van der Waals surface area contributed by atoms with Gasteiger partial charge >= 0.3 is 5.97 Å². The predicted molar refractivity (Wildman–Crippen MR) is 104 cm³/mol. The van der Waals surface area contributed by atoms with E-state index >= 15 is 0 Å². The molecule has 1 saturated heterocycles. The Labute approximate surface area is 163 Å². The zero-order valence-electron chi connectivity index (χ0n) is 16.3. The molecule has 0 radical (unpaired) electrons. The molecule has 4 rings (SSSR count). The summed E-state index contributed by atoms with van der Waals surface area (Å²) in [5.41, 5.74) is 1.64. The number of hydrogen-bond acceptors (Lipinski definition) is 4. The molecule has 1 amide bonds. The first-order valence-corrected chi connectivity index (χ1v) is 9.57. The number of ether oxygens (including phenoxy) is 1. The van der Waals surface area contributed by atoms with Crippen LogP contribution in [0.4, 0.5) is 0 Å². The first kappa shape index (κ1) is 18.5. The Hall–Kier alpha value is -2.89. The van der Waals surface area contributed by atoms with Gasteiger partial charge in [-0.05, 0) is 42.9 Å². The summed E-state index contributed by atoms with van der Waals surface area (Å²) in [6.07, 6.45) is 1.75.